The van der Waals surface area contributed by atoms with Gasteiger partial charge >= 0.3 is 7.12 Å². The van der Waals surface area contributed by atoms with E-state index < -0.39 is 7.12 Å². The van der Waals surface area contributed by atoms with Gasteiger partial charge in [0, 0.05) is 74.8 Å². The number of aromatic nitrogens is 12. The largest absolute Gasteiger partial charge is 0.489 e. The number of nitrogen functional groups attached to an aromatic ring is 3. The maximum absolute atomic E-state index is 10.8. The molecule has 0 aliphatic heterocycles. The molecule has 0 amide bonds. The highest BCUT2D eigenvalue weighted by Crippen LogP contribution is 2.39. The molecular formula is C58H60BBrN16O4S3. The maximum Gasteiger partial charge on any atom is 0.489 e. The third kappa shape index (κ3) is 17.0. The predicted molar refractivity (Wildman–Crippen MR) is 338 cm³/mol. The summed E-state index contributed by atoms with van der Waals surface area (Å²) in [4.78, 5) is 42.4. The first-order chi connectivity index (χ1) is 39.5. The summed E-state index contributed by atoms with van der Waals surface area (Å²) in [5.41, 5.74) is 28.5. The molecule has 0 saturated heterocycles. The van der Waals surface area contributed by atoms with Crippen LogP contribution in [-0.2, 0) is 5.54 Å². The van der Waals surface area contributed by atoms with E-state index >= 15 is 0 Å². The van der Waals surface area contributed by atoms with Crippen molar-refractivity contribution in [3.05, 3.63) is 164 Å². The average molecular weight is 1230 g/mol. The summed E-state index contributed by atoms with van der Waals surface area (Å²) in [7, 11) is -1.57. The fourth-order valence-corrected chi connectivity index (χ4v) is 10.6. The van der Waals surface area contributed by atoms with Gasteiger partial charge in [-0.25, -0.2) is 24.9 Å². The molecule has 0 bridgehead atoms. The van der Waals surface area contributed by atoms with Gasteiger partial charge in [0.2, 0.25) is 11.9 Å². The minimum atomic E-state index is -1.57. The zero-order valence-electron chi connectivity index (χ0n) is 46.8. The minimum Gasteiger partial charge on any atom is -0.423 e. The standard InChI is InChI=1S/C24H23N7S.C14H19N5.C10H8N2OS.C7H7BO3.C3H3BrN2S/c1-14-29-30-22(32-14)18-8-6-5-7-17(18)21-28-19-11-15(16-12-26-23(25)27-13-16)9-10-20(19)31(21)24(2,3)4;1-14(2,3)19-12-5-4-9(6-11(12)15)10-7-17-13(16)18-8-10;1-7-11-12-10(14-7)9-5-3-2-4-8(9)6-13;9-5-6-3-1-2-4-7(6)8(10)11;1-2-5-6-3(4)7-2/h5-13H,1-4H3,(H2,25,26,27);4-8,19H,15H2,1-3H3,(H2,16,17,18);2-6H,1H3;1-5,10-11H;1H3. The summed E-state index contributed by atoms with van der Waals surface area (Å²) in [5, 5.41) is 49.3. The van der Waals surface area contributed by atoms with Crippen LogP contribution in [0.1, 0.15) is 77.3 Å². The number of carbonyl (C=O) groups is 2. The summed E-state index contributed by atoms with van der Waals surface area (Å²) in [6.45, 7) is 18.6. The van der Waals surface area contributed by atoms with Crippen molar-refractivity contribution in [1.29, 1.82) is 0 Å². The Morgan fingerprint density at radius 2 is 1.05 bits per heavy atom. The summed E-state index contributed by atoms with van der Waals surface area (Å²) in [5.74, 6) is 1.43. The van der Waals surface area contributed by atoms with Crippen molar-refractivity contribution in [3.63, 3.8) is 0 Å². The summed E-state index contributed by atoms with van der Waals surface area (Å²) in [6.07, 6.45) is 8.28. The lowest BCUT2D eigenvalue weighted by Crippen LogP contribution is -2.32. The van der Waals surface area contributed by atoms with E-state index in [9.17, 15) is 9.59 Å². The second-order valence-corrected chi connectivity index (χ2v) is 25.0. The first-order valence-corrected chi connectivity index (χ1v) is 28.7. The lowest BCUT2D eigenvalue weighted by Gasteiger charge is -2.25. The molecule has 0 radical (unpaired) electrons. The predicted octanol–water partition coefficient (Wildman–Crippen LogP) is 11.0. The molecule has 0 aliphatic rings. The quantitative estimate of drug-likeness (QED) is 0.0444. The van der Waals surface area contributed by atoms with Gasteiger partial charge in [-0.05, 0) is 119 Å². The van der Waals surface area contributed by atoms with E-state index in [0.717, 1.165) is 96.7 Å². The Balaban J connectivity index is 0.000000165. The third-order valence-corrected chi connectivity index (χ3v) is 14.6. The zero-order chi connectivity index (χ0) is 60.0. The number of rotatable bonds is 9. The Kier molecular flexibility index (Phi) is 20.9. The normalized spacial score (nSPS) is 10.9. The summed E-state index contributed by atoms with van der Waals surface area (Å²) < 4.78 is 3.14. The van der Waals surface area contributed by atoms with Crippen LogP contribution >= 0.6 is 49.9 Å². The maximum atomic E-state index is 10.8. The fourth-order valence-electron chi connectivity index (χ4n) is 7.95. The molecule has 83 heavy (non-hydrogen) atoms. The number of nitrogens with two attached hydrogens (primary N) is 3. The topological polar surface area (TPSA) is 311 Å². The Morgan fingerprint density at radius 3 is 1.51 bits per heavy atom. The van der Waals surface area contributed by atoms with Crippen molar-refractivity contribution in [3.8, 4) is 54.8 Å². The monoisotopic (exact) mass is 1230 g/mol. The van der Waals surface area contributed by atoms with Gasteiger partial charge in [0.25, 0.3) is 0 Å². The molecule has 11 aromatic rings. The van der Waals surface area contributed by atoms with Gasteiger partial charge in [-0.1, -0.05) is 119 Å². The van der Waals surface area contributed by atoms with Crippen LogP contribution in [0.25, 0.3) is 65.8 Å². The molecule has 424 valence electrons. The highest BCUT2D eigenvalue weighted by molar-refractivity contribution is 9.11. The van der Waals surface area contributed by atoms with Gasteiger partial charge in [-0.15, -0.1) is 30.6 Å². The molecule has 20 nitrogen and oxygen atoms in total. The van der Waals surface area contributed by atoms with Crippen LogP contribution in [0.3, 0.4) is 0 Å². The van der Waals surface area contributed by atoms with Crippen LogP contribution in [0.2, 0.25) is 0 Å². The third-order valence-electron chi connectivity index (χ3n) is 11.6. The average Bonchev–Trinajstić information content (AvgIpc) is 4.49. The van der Waals surface area contributed by atoms with Gasteiger partial charge in [0.15, 0.2) is 10.2 Å². The molecule has 25 heteroatoms. The number of anilines is 4. The molecule has 0 spiro atoms. The molecule has 0 fully saturated rings. The van der Waals surface area contributed by atoms with Crippen LogP contribution in [0.5, 0.6) is 0 Å². The Morgan fingerprint density at radius 1 is 0.566 bits per heavy atom. The van der Waals surface area contributed by atoms with E-state index in [1.807, 2.05) is 69.3 Å². The highest BCUT2D eigenvalue weighted by atomic mass is 79.9. The molecule has 0 unspecified atom stereocenters. The van der Waals surface area contributed by atoms with Gasteiger partial charge < -0.3 is 37.1 Å². The molecule has 11 rings (SSSR count). The Bertz CT molecular complexity index is 3940. The number of imidazole rings is 1. The van der Waals surface area contributed by atoms with E-state index in [2.05, 4.69) is 148 Å². The molecule has 0 atom stereocenters. The molecule has 6 heterocycles. The van der Waals surface area contributed by atoms with Crippen molar-refractivity contribution >= 4 is 109 Å². The molecular weight excluding hydrogens is 1170 g/mol. The van der Waals surface area contributed by atoms with Crippen LogP contribution in [-0.4, -0.2) is 95.4 Å². The molecule has 5 aromatic carbocycles. The van der Waals surface area contributed by atoms with Gasteiger partial charge in [-0.2, -0.15) is 0 Å². The number of hydrogen-bond acceptors (Lipinski definition) is 22. The van der Waals surface area contributed by atoms with E-state index in [4.69, 9.17) is 32.2 Å². The van der Waals surface area contributed by atoms with Gasteiger partial charge in [-0.3, -0.25) is 9.59 Å². The van der Waals surface area contributed by atoms with Gasteiger partial charge in [0.05, 0.1) is 22.4 Å². The second-order valence-electron chi connectivity index (χ2n) is 20.2. The number of aryl methyl sites for hydroxylation is 3. The summed E-state index contributed by atoms with van der Waals surface area (Å²) in [6, 6.07) is 34.1. The first-order valence-electron chi connectivity index (χ1n) is 25.5. The van der Waals surface area contributed by atoms with Crippen LogP contribution in [0.15, 0.2) is 138 Å². The van der Waals surface area contributed by atoms with Crippen LogP contribution < -0.4 is 28.0 Å². The smallest absolute Gasteiger partial charge is 0.423 e. The minimum absolute atomic E-state index is 0.0278. The number of fused-ring (bicyclic) bond motifs is 1. The lowest BCUT2D eigenvalue weighted by atomic mass is 9.77. The van der Waals surface area contributed by atoms with E-state index in [0.29, 0.717) is 23.1 Å². The Labute approximate surface area is 500 Å². The number of nitrogens with one attached hydrogen (secondary N) is 1. The number of aldehydes is 2. The Hall–Kier alpha value is -8.59. The fraction of sp³-hybridized carbons (Fsp3) is 0.190. The SMILES string of the molecule is CC(C)(C)Nc1ccc(-c2cnc(N)nc2)cc1N.Cc1nnc(-c2ccccc2-c2nc3cc(-c4cnc(N)nc4)ccc3n2C(C)(C)C)s1.Cc1nnc(-c2ccccc2C=O)s1.Cc1nnc(Br)s1.O=Cc1ccccc1B(O)O. The number of nitrogens with zero attached hydrogens (tertiary/aromatic N) is 12. The first kappa shape index (κ1) is 62.0. The van der Waals surface area contributed by atoms with E-state index in [1.165, 1.54) is 34.8 Å². The van der Waals surface area contributed by atoms with Crippen molar-refractivity contribution in [1.82, 2.24) is 60.1 Å². The molecule has 6 aromatic heterocycles. The molecule has 9 N–H and O–H groups in total. The molecule has 0 aliphatic carbocycles. The highest BCUT2D eigenvalue weighted by Gasteiger charge is 2.25. The van der Waals surface area contributed by atoms with Crippen LogP contribution in [0.4, 0.5) is 23.3 Å². The second kappa shape index (κ2) is 27.9. The number of halogens is 1. The van der Waals surface area contributed by atoms with Crippen molar-refractivity contribution in [2.45, 2.75) is 73.4 Å². The van der Waals surface area contributed by atoms with Crippen molar-refractivity contribution in [2.75, 3.05) is 22.5 Å². The van der Waals surface area contributed by atoms with E-state index in [1.54, 1.807) is 54.3 Å². The van der Waals surface area contributed by atoms with Crippen molar-refractivity contribution in [2.24, 2.45) is 0 Å². The number of benzene rings is 5. The number of hydrogen-bond donors (Lipinski definition) is 6. The summed E-state index contributed by atoms with van der Waals surface area (Å²) >= 11 is 7.79. The van der Waals surface area contributed by atoms with Crippen LogP contribution in [0, 0.1) is 20.8 Å². The lowest BCUT2D eigenvalue weighted by molar-refractivity contribution is 0.111. The molecule has 0 saturated carbocycles. The number of carbonyl (C=O) groups excluding carboxylic acids is 2. The van der Waals surface area contributed by atoms with Crippen molar-refractivity contribution < 1.29 is 19.6 Å². The van der Waals surface area contributed by atoms with Gasteiger partial charge in [0.1, 0.15) is 37.1 Å². The zero-order valence-corrected chi connectivity index (χ0v) is 50.9. The van der Waals surface area contributed by atoms with E-state index in [-0.39, 0.29) is 28.4 Å².